The molecule has 0 amide bonds. The highest BCUT2D eigenvalue weighted by Crippen LogP contribution is 2.61. The number of halogens is 1. The average Bonchev–Trinajstić information content (AvgIpc) is 3.39. The number of hydrogen-bond donors (Lipinski definition) is 0. The molecule has 4 aromatic rings. The second-order valence-corrected chi connectivity index (χ2v) is 11.0. The van der Waals surface area contributed by atoms with Crippen LogP contribution >= 0.6 is 15.9 Å². The molecule has 2 heterocycles. The number of benzene rings is 4. The fraction of sp³-hybridized carbons (Fsp3) is 0.121. The Balaban J connectivity index is 1.55. The lowest BCUT2D eigenvalue weighted by Crippen LogP contribution is -2.48. The number of fused-ring (bicyclic) bond motifs is 5. The van der Waals surface area contributed by atoms with Gasteiger partial charge < -0.3 is 4.90 Å². The first-order valence-corrected chi connectivity index (χ1v) is 13.4. The monoisotopic (exact) mass is 559 g/mol. The molecule has 3 aliphatic rings. The highest BCUT2D eigenvalue weighted by atomic mass is 79.9. The van der Waals surface area contributed by atoms with E-state index in [9.17, 15) is 14.4 Å². The lowest BCUT2D eigenvalue weighted by atomic mass is 9.64. The Bertz CT molecular complexity index is 1630. The van der Waals surface area contributed by atoms with Crippen molar-refractivity contribution >= 4 is 45.0 Å². The standard InChI is InChI=1S/C33H22BrNO3/c34-23-16-17-26-22(19-23)15-18-27-33(31(37)24-13-7-8-14-25(24)32(33)38)28(20-9-3-1-4-10-20)29(35(26)27)30(36)21-11-5-2-6-12-21/h1-19,27-29H/t27-,28-,29-/m0/s1. The van der Waals surface area contributed by atoms with Crippen LogP contribution in [0.2, 0.25) is 0 Å². The Morgan fingerprint density at radius 2 is 1.37 bits per heavy atom. The summed E-state index contributed by atoms with van der Waals surface area (Å²) in [6.45, 7) is 0. The van der Waals surface area contributed by atoms with E-state index < -0.39 is 23.4 Å². The summed E-state index contributed by atoms with van der Waals surface area (Å²) in [5.74, 6) is -1.22. The average molecular weight is 560 g/mol. The maximum atomic E-state index is 14.5. The van der Waals surface area contributed by atoms with Crippen molar-refractivity contribution in [1.29, 1.82) is 0 Å². The summed E-state index contributed by atoms with van der Waals surface area (Å²) in [6.07, 6.45) is 3.93. The third kappa shape index (κ3) is 2.99. The van der Waals surface area contributed by atoms with Crippen molar-refractivity contribution < 1.29 is 14.4 Å². The van der Waals surface area contributed by atoms with Gasteiger partial charge in [0, 0.05) is 32.8 Å². The molecule has 0 N–H and O–H groups in total. The Morgan fingerprint density at radius 3 is 2.03 bits per heavy atom. The molecule has 184 valence electrons. The number of rotatable bonds is 3. The molecular weight excluding hydrogens is 538 g/mol. The first kappa shape index (κ1) is 23.1. The summed E-state index contributed by atoms with van der Waals surface area (Å²) in [6, 6.07) is 30.4. The SMILES string of the molecule is O=C(c1ccccc1)[C@@H]1[C@H](c2ccccc2)C2(C(=O)c3ccccc3C2=O)[C@@H]2C=Cc3cc(Br)ccc3N12. The molecule has 2 aliphatic heterocycles. The molecule has 1 spiro atoms. The van der Waals surface area contributed by atoms with Crippen molar-refractivity contribution in [3.05, 3.63) is 141 Å². The Labute approximate surface area is 228 Å². The van der Waals surface area contributed by atoms with Crippen LogP contribution in [0.3, 0.4) is 0 Å². The molecule has 7 rings (SSSR count). The fourth-order valence-corrected chi connectivity index (χ4v) is 7.13. The van der Waals surface area contributed by atoms with E-state index in [1.54, 1.807) is 36.4 Å². The lowest BCUT2D eigenvalue weighted by Gasteiger charge is -2.37. The van der Waals surface area contributed by atoms with Gasteiger partial charge in [0.15, 0.2) is 17.3 Å². The number of nitrogens with zero attached hydrogens (tertiary/aromatic N) is 1. The molecule has 0 aromatic heterocycles. The van der Waals surface area contributed by atoms with Crippen LogP contribution in [-0.2, 0) is 0 Å². The molecule has 1 aliphatic carbocycles. The van der Waals surface area contributed by atoms with Crippen LogP contribution in [0.25, 0.3) is 6.08 Å². The third-order valence-corrected chi connectivity index (χ3v) is 8.74. The Kier molecular flexibility index (Phi) is 5.14. The summed E-state index contributed by atoms with van der Waals surface area (Å²) < 4.78 is 0.916. The molecule has 0 bridgehead atoms. The first-order chi connectivity index (χ1) is 18.5. The van der Waals surface area contributed by atoms with E-state index in [1.165, 1.54) is 0 Å². The second-order valence-electron chi connectivity index (χ2n) is 10.1. The van der Waals surface area contributed by atoms with Crippen molar-refractivity contribution in [2.75, 3.05) is 4.90 Å². The maximum Gasteiger partial charge on any atom is 0.185 e. The molecule has 0 unspecified atom stereocenters. The fourth-order valence-electron chi connectivity index (χ4n) is 6.75. The van der Waals surface area contributed by atoms with Gasteiger partial charge in [0.05, 0.1) is 6.04 Å². The minimum absolute atomic E-state index is 0.109. The predicted molar refractivity (Wildman–Crippen MR) is 151 cm³/mol. The highest BCUT2D eigenvalue weighted by Gasteiger charge is 2.71. The number of Topliss-reactive ketones (excluding diaryl/α,β-unsaturated/α-hetero) is 3. The van der Waals surface area contributed by atoms with Gasteiger partial charge in [0.25, 0.3) is 0 Å². The Morgan fingerprint density at radius 1 is 0.763 bits per heavy atom. The van der Waals surface area contributed by atoms with Crippen LogP contribution < -0.4 is 4.90 Å². The van der Waals surface area contributed by atoms with E-state index in [0.29, 0.717) is 16.7 Å². The van der Waals surface area contributed by atoms with Crippen LogP contribution in [0.5, 0.6) is 0 Å². The highest BCUT2D eigenvalue weighted by molar-refractivity contribution is 9.10. The van der Waals surface area contributed by atoms with Crippen LogP contribution in [0.15, 0.2) is 114 Å². The molecule has 4 aromatic carbocycles. The molecular formula is C33H22BrNO3. The minimum atomic E-state index is -1.47. The van der Waals surface area contributed by atoms with E-state index in [0.717, 1.165) is 21.3 Å². The summed E-state index contributed by atoms with van der Waals surface area (Å²) in [5.41, 5.74) is 2.52. The second kappa shape index (κ2) is 8.47. The number of hydrogen-bond acceptors (Lipinski definition) is 4. The van der Waals surface area contributed by atoms with Gasteiger partial charge in [-0.2, -0.15) is 0 Å². The van der Waals surface area contributed by atoms with Crippen molar-refractivity contribution in [3.8, 4) is 0 Å². The predicted octanol–water partition coefficient (Wildman–Crippen LogP) is 6.77. The summed E-state index contributed by atoms with van der Waals surface area (Å²) in [5, 5.41) is 0. The van der Waals surface area contributed by atoms with Gasteiger partial charge in [-0.25, -0.2) is 0 Å². The van der Waals surface area contributed by atoms with Gasteiger partial charge in [-0.3, -0.25) is 14.4 Å². The molecule has 0 radical (unpaired) electrons. The van der Waals surface area contributed by atoms with Crippen molar-refractivity contribution in [3.63, 3.8) is 0 Å². The molecule has 0 saturated carbocycles. The van der Waals surface area contributed by atoms with Crippen molar-refractivity contribution in [2.24, 2.45) is 5.41 Å². The molecule has 38 heavy (non-hydrogen) atoms. The first-order valence-electron chi connectivity index (χ1n) is 12.6. The van der Waals surface area contributed by atoms with E-state index in [1.807, 2.05) is 83.8 Å². The van der Waals surface area contributed by atoms with Crippen LogP contribution in [0.1, 0.15) is 48.1 Å². The quantitative estimate of drug-likeness (QED) is 0.205. The van der Waals surface area contributed by atoms with E-state index in [4.69, 9.17) is 0 Å². The topological polar surface area (TPSA) is 54.5 Å². The van der Waals surface area contributed by atoms with Crippen LogP contribution in [0, 0.1) is 5.41 Å². The van der Waals surface area contributed by atoms with Gasteiger partial charge in [0.2, 0.25) is 0 Å². The third-order valence-electron chi connectivity index (χ3n) is 8.25. The van der Waals surface area contributed by atoms with Crippen LogP contribution in [0.4, 0.5) is 5.69 Å². The van der Waals surface area contributed by atoms with E-state index in [-0.39, 0.29) is 17.3 Å². The lowest BCUT2D eigenvalue weighted by molar-refractivity contribution is 0.0666. The number of ketones is 3. The minimum Gasteiger partial charge on any atom is -0.352 e. The smallest absolute Gasteiger partial charge is 0.185 e. The number of carbonyl (C=O) groups excluding carboxylic acids is 3. The van der Waals surface area contributed by atoms with E-state index >= 15 is 0 Å². The molecule has 1 saturated heterocycles. The van der Waals surface area contributed by atoms with Gasteiger partial charge in [-0.1, -0.05) is 113 Å². The van der Waals surface area contributed by atoms with E-state index in [2.05, 4.69) is 15.9 Å². The molecule has 4 nitrogen and oxygen atoms in total. The maximum absolute atomic E-state index is 14.5. The molecule has 5 heteroatoms. The van der Waals surface area contributed by atoms with Crippen LogP contribution in [-0.4, -0.2) is 29.4 Å². The molecule has 1 fully saturated rings. The number of carbonyl (C=O) groups is 3. The molecule has 3 atom stereocenters. The summed E-state index contributed by atoms with van der Waals surface area (Å²) in [4.78, 5) is 45.6. The zero-order valence-electron chi connectivity index (χ0n) is 20.3. The van der Waals surface area contributed by atoms with Gasteiger partial charge in [0.1, 0.15) is 11.5 Å². The van der Waals surface area contributed by atoms with Gasteiger partial charge >= 0.3 is 0 Å². The zero-order valence-corrected chi connectivity index (χ0v) is 21.8. The van der Waals surface area contributed by atoms with Gasteiger partial charge in [-0.05, 0) is 29.3 Å². The number of anilines is 1. The summed E-state index contributed by atoms with van der Waals surface area (Å²) >= 11 is 3.56. The summed E-state index contributed by atoms with van der Waals surface area (Å²) in [7, 11) is 0. The zero-order chi connectivity index (χ0) is 26.0. The van der Waals surface area contributed by atoms with Gasteiger partial charge in [-0.15, -0.1) is 0 Å². The normalized spacial score (nSPS) is 22.3. The van der Waals surface area contributed by atoms with Crippen molar-refractivity contribution in [2.45, 2.75) is 18.0 Å². The van der Waals surface area contributed by atoms with Crippen molar-refractivity contribution in [1.82, 2.24) is 0 Å². The largest absolute Gasteiger partial charge is 0.352 e. The Hall–Kier alpha value is -4.09.